The molecule has 8 heteroatoms. The lowest BCUT2D eigenvalue weighted by Crippen LogP contribution is -2.44. The van der Waals surface area contributed by atoms with Crippen molar-refractivity contribution in [3.05, 3.63) is 39.9 Å². The van der Waals surface area contributed by atoms with Crippen LogP contribution < -0.4 is 0 Å². The van der Waals surface area contributed by atoms with Crippen LogP contribution in [0.3, 0.4) is 0 Å². The average molecular weight is 303 g/mol. The Hall–Kier alpha value is -2.95. The Balaban J connectivity index is 2.43. The van der Waals surface area contributed by atoms with Crippen molar-refractivity contribution in [1.29, 1.82) is 5.26 Å². The van der Waals surface area contributed by atoms with Crippen LogP contribution in [-0.4, -0.2) is 29.0 Å². The number of nitro benzene ring substituents is 1. The molecule has 1 heterocycles. The Morgan fingerprint density at radius 3 is 2.68 bits per heavy atom. The van der Waals surface area contributed by atoms with Gasteiger partial charge >= 0.3 is 11.6 Å². The highest BCUT2D eigenvalue weighted by Gasteiger charge is 2.55. The standard InChI is InChI=1S/C14H13N3O5/c1-3-21-13(18)14(8-15)12(16-9(2)22-14)10-4-6-11(7-5-10)17(19)20/h4-7,12H,3H2,1-2H3. The molecule has 1 aromatic rings. The molecule has 1 aliphatic heterocycles. The van der Waals surface area contributed by atoms with Gasteiger partial charge in [0.1, 0.15) is 12.1 Å². The zero-order chi connectivity index (χ0) is 16.3. The number of ether oxygens (including phenoxy) is 2. The second-order valence-electron chi connectivity index (χ2n) is 4.57. The van der Waals surface area contributed by atoms with E-state index in [9.17, 15) is 20.2 Å². The van der Waals surface area contributed by atoms with Crippen molar-refractivity contribution in [2.24, 2.45) is 4.99 Å². The number of esters is 1. The minimum absolute atomic E-state index is 0.0949. The molecule has 0 saturated heterocycles. The number of aliphatic imine (C=N–C) groups is 1. The summed E-state index contributed by atoms with van der Waals surface area (Å²) in [7, 11) is 0. The molecule has 0 radical (unpaired) electrons. The van der Waals surface area contributed by atoms with E-state index in [1.54, 1.807) is 6.92 Å². The lowest BCUT2D eigenvalue weighted by molar-refractivity contribution is -0.384. The molecule has 0 bridgehead atoms. The Morgan fingerprint density at radius 2 is 2.18 bits per heavy atom. The molecule has 1 aliphatic rings. The number of carbonyl (C=O) groups is 1. The maximum absolute atomic E-state index is 12.2. The molecular formula is C14H13N3O5. The number of hydrogen-bond acceptors (Lipinski definition) is 7. The van der Waals surface area contributed by atoms with E-state index in [1.807, 2.05) is 6.07 Å². The molecule has 0 amide bonds. The summed E-state index contributed by atoms with van der Waals surface area (Å²) in [5.41, 5.74) is -1.55. The summed E-state index contributed by atoms with van der Waals surface area (Å²) >= 11 is 0. The molecule has 22 heavy (non-hydrogen) atoms. The van der Waals surface area contributed by atoms with E-state index in [1.165, 1.54) is 31.2 Å². The molecule has 0 aromatic heterocycles. The van der Waals surface area contributed by atoms with Crippen LogP contribution in [0.1, 0.15) is 25.5 Å². The van der Waals surface area contributed by atoms with Gasteiger partial charge in [0.15, 0.2) is 5.90 Å². The van der Waals surface area contributed by atoms with Gasteiger partial charge in [-0.25, -0.2) is 9.79 Å². The quantitative estimate of drug-likeness (QED) is 0.476. The summed E-state index contributed by atoms with van der Waals surface area (Å²) in [5.74, 6) is -0.653. The number of nitriles is 1. The fraction of sp³-hybridized carbons (Fsp3) is 0.357. The van der Waals surface area contributed by atoms with E-state index in [2.05, 4.69) is 4.99 Å². The van der Waals surface area contributed by atoms with Crippen LogP contribution in [-0.2, 0) is 14.3 Å². The topological polar surface area (TPSA) is 115 Å². The van der Waals surface area contributed by atoms with Crippen LogP contribution in [0.4, 0.5) is 5.69 Å². The normalized spacial score (nSPS) is 23.1. The minimum atomic E-state index is -1.91. The third-order valence-electron chi connectivity index (χ3n) is 3.17. The van der Waals surface area contributed by atoms with Crippen LogP contribution in [0.25, 0.3) is 0 Å². The molecule has 0 aliphatic carbocycles. The van der Waals surface area contributed by atoms with Crippen molar-refractivity contribution in [2.45, 2.75) is 25.5 Å². The Kier molecular flexibility index (Phi) is 4.08. The fourth-order valence-electron chi connectivity index (χ4n) is 2.20. The lowest BCUT2D eigenvalue weighted by atomic mass is 9.90. The number of nitro groups is 1. The van der Waals surface area contributed by atoms with Gasteiger partial charge < -0.3 is 9.47 Å². The van der Waals surface area contributed by atoms with Crippen molar-refractivity contribution in [3.63, 3.8) is 0 Å². The Bertz CT molecular complexity index is 677. The molecule has 0 saturated carbocycles. The molecule has 0 fully saturated rings. The van der Waals surface area contributed by atoms with E-state index in [4.69, 9.17) is 9.47 Å². The summed E-state index contributed by atoms with van der Waals surface area (Å²) in [5, 5.41) is 20.1. The van der Waals surface area contributed by atoms with Gasteiger partial charge in [0, 0.05) is 19.1 Å². The molecule has 8 nitrogen and oxygen atoms in total. The van der Waals surface area contributed by atoms with Gasteiger partial charge in [0.2, 0.25) is 0 Å². The van der Waals surface area contributed by atoms with E-state index < -0.39 is 22.5 Å². The molecule has 1 aromatic carbocycles. The molecule has 114 valence electrons. The summed E-state index contributed by atoms with van der Waals surface area (Å²) in [6, 6.07) is 6.36. The second-order valence-corrected chi connectivity index (χ2v) is 4.57. The first-order chi connectivity index (χ1) is 10.4. The summed E-state index contributed by atoms with van der Waals surface area (Å²) in [6.45, 7) is 3.24. The van der Waals surface area contributed by atoms with Crippen LogP contribution in [0.5, 0.6) is 0 Å². The SMILES string of the molecule is CCOC(=O)C1(C#N)OC(C)=NC1c1ccc([N+](=O)[O-])cc1. The predicted molar refractivity (Wildman–Crippen MR) is 75.0 cm³/mol. The largest absolute Gasteiger partial charge is 0.462 e. The fourth-order valence-corrected chi connectivity index (χ4v) is 2.20. The number of hydrogen-bond donors (Lipinski definition) is 0. The van der Waals surface area contributed by atoms with Gasteiger partial charge in [-0.15, -0.1) is 0 Å². The van der Waals surface area contributed by atoms with Crippen molar-refractivity contribution >= 4 is 17.6 Å². The van der Waals surface area contributed by atoms with Crippen molar-refractivity contribution in [1.82, 2.24) is 0 Å². The van der Waals surface area contributed by atoms with E-state index in [0.29, 0.717) is 5.56 Å². The van der Waals surface area contributed by atoms with Crippen molar-refractivity contribution in [2.75, 3.05) is 6.61 Å². The highest BCUT2D eigenvalue weighted by Crippen LogP contribution is 2.39. The van der Waals surface area contributed by atoms with Gasteiger partial charge in [-0.2, -0.15) is 5.26 Å². The first kappa shape index (κ1) is 15.4. The van der Waals surface area contributed by atoms with Crippen molar-refractivity contribution < 1.29 is 19.2 Å². The maximum Gasteiger partial charge on any atom is 0.368 e. The number of benzene rings is 1. The van der Waals surface area contributed by atoms with E-state index >= 15 is 0 Å². The van der Waals surface area contributed by atoms with Crippen LogP contribution in [0, 0.1) is 21.4 Å². The minimum Gasteiger partial charge on any atom is -0.462 e. The third-order valence-corrected chi connectivity index (χ3v) is 3.17. The van der Waals surface area contributed by atoms with Crippen LogP contribution >= 0.6 is 0 Å². The van der Waals surface area contributed by atoms with E-state index in [0.717, 1.165) is 0 Å². The molecular weight excluding hydrogens is 290 g/mol. The molecule has 2 unspecified atom stereocenters. The Morgan fingerprint density at radius 1 is 1.55 bits per heavy atom. The predicted octanol–water partition coefficient (Wildman–Crippen LogP) is 1.91. The van der Waals surface area contributed by atoms with E-state index in [-0.39, 0.29) is 18.2 Å². The first-order valence-electron chi connectivity index (χ1n) is 6.51. The van der Waals surface area contributed by atoms with Crippen LogP contribution in [0.15, 0.2) is 29.3 Å². The maximum atomic E-state index is 12.2. The molecule has 0 N–H and O–H groups in total. The lowest BCUT2D eigenvalue weighted by Gasteiger charge is -2.24. The summed E-state index contributed by atoms with van der Waals surface area (Å²) < 4.78 is 10.3. The van der Waals surface area contributed by atoms with Gasteiger partial charge in [0.25, 0.3) is 5.69 Å². The third kappa shape index (κ3) is 2.48. The number of non-ortho nitro benzene ring substituents is 1. The molecule has 2 atom stereocenters. The molecule has 0 spiro atoms. The monoisotopic (exact) mass is 303 g/mol. The van der Waals surface area contributed by atoms with Gasteiger partial charge in [-0.1, -0.05) is 0 Å². The second kappa shape index (κ2) is 5.81. The summed E-state index contributed by atoms with van der Waals surface area (Å²) in [6.07, 6.45) is 0. The zero-order valence-electron chi connectivity index (χ0n) is 12.0. The van der Waals surface area contributed by atoms with Crippen molar-refractivity contribution in [3.8, 4) is 6.07 Å². The first-order valence-corrected chi connectivity index (χ1v) is 6.51. The average Bonchev–Trinajstić information content (AvgIpc) is 2.85. The zero-order valence-corrected chi connectivity index (χ0v) is 12.0. The van der Waals surface area contributed by atoms with Gasteiger partial charge in [0.05, 0.1) is 11.5 Å². The Labute approximate surface area is 126 Å². The number of nitrogens with zero attached hydrogens (tertiary/aromatic N) is 3. The van der Waals surface area contributed by atoms with Gasteiger partial charge in [-0.3, -0.25) is 10.1 Å². The number of rotatable bonds is 4. The number of carbonyl (C=O) groups excluding carboxylic acids is 1. The van der Waals surface area contributed by atoms with Crippen LogP contribution in [0.2, 0.25) is 0 Å². The smallest absolute Gasteiger partial charge is 0.368 e. The summed E-state index contributed by atoms with van der Waals surface area (Å²) in [4.78, 5) is 26.5. The van der Waals surface area contributed by atoms with Gasteiger partial charge in [-0.05, 0) is 24.6 Å². The highest BCUT2D eigenvalue weighted by molar-refractivity contribution is 5.91. The highest BCUT2D eigenvalue weighted by atomic mass is 16.6. The molecule has 2 rings (SSSR count).